The van der Waals surface area contributed by atoms with Crippen molar-refractivity contribution in [1.82, 2.24) is 0 Å². The average Bonchev–Trinajstić information content (AvgIpc) is 2.39. The standard InChI is InChI=1S/C16H11S/c17-16-11-4-3-9-15(16)14-10-5-7-12-6-1-2-8-13(12)14/h1-11H. The summed E-state index contributed by atoms with van der Waals surface area (Å²) in [6.45, 7) is 0. The van der Waals surface area contributed by atoms with Gasteiger partial charge in [-0.25, -0.2) is 0 Å². The minimum absolute atomic E-state index is 0.906. The molecule has 0 heterocycles. The Morgan fingerprint density at radius 1 is 0.588 bits per heavy atom. The zero-order valence-electron chi connectivity index (χ0n) is 9.26. The monoisotopic (exact) mass is 235 g/mol. The Hall–Kier alpha value is -1.86. The van der Waals surface area contributed by atoms with E-state index in [1.807, 2.05) is 18.2 Å². The maximum Gasteiger partial charge on any atom is 0.0455 e. The molecule has 0 bridgehead atoms. The number of benzene rings is 3. The van der Waals surface area contributed by atoms with E-state index in [1.54, 1.807) is 0 Å². The lowest BCUT2D eigenvalue weighted by Gasteiger charge is -2.08. The smallest absolute Gasteiger partial charge is 0.0455 e. The third-order valence-corrected chi connectivity index (χ3v) is 3.32. The first-order valence-corrected chi connectivity index (χ1v) is 6.01. The largest absolute Gasteiger partial charge is 0.0794 e. The fourth-order valence-electron chi connectivity index (χ4n) is 2.15. The zero-order valence-corrected chi connectivity index (χ0v) is 10.1. The van der Waals surface area contributed by atoms with Gasteiger partial charge in [-0.1, -0.05) is 73.3 Å². The second kappa shape index (κ2) is 4.19. The van der Waals surface area contributed by atoms with Crippen LogP contribution in [-0.2, 0) is 0 Å². The molecule has 0 nitrogen and oxygen atoms in total. The summed E-state index contributed by atoms with van der Waals surface area (Å²) in [4.78, 5) is 0.906. The number of rotatable bonds is 1. The van der Waals surface area contributed by atoms with Crippen molar-refractivity contribution in [2.75, 3.05) is 0 Å². The Labute approximate surface area is 106 Å². The second-order valence-electron chi connectivity index (χ2n) is 4.02. The van der Waals surface area contributed by atoms with Crippen LogP contribution in [0.4, 0.5) is 0 Å². The highest BCUT2D eigenvalue weighted by molar-refractivity contribution is 7.80. The molecule has 0 atom stereocenters. The van der Waals surface area contributed by atoms with Crippen molar-refractivity contribution in [2.45, 2.75) is 4.90 Å². The molecule has 1 radical (unpaired) electrons. The maximum atomic E-state index is 5.40. The van der Waals surface area contributed by atoms with Crippen molar-refractivity contribution in [3.05, 3.63) is 66.7 Å². The van der Waals surface area contributed by atoms with Gasteiger partial charge in [-0.3, -0.25) is 0 Å². The summed E-state index contributed by atoms with van der Waals surface area (Å²) in [7, 11) is 0. The van der Waals surface area contributed by atoms with Gasteiger partial charge in [-0.15, -0.1) is 0 Å². The first kappa shape index (κ1) is 10.3. The van der Waals surface area contributed by atoms with Gasteiger partial charge in [0.05, 0.1) is 0 Å². The molecule has 0 unspecified atom stereocenters. The summed E-state index contributed by atoms with van der Waals surface area (Å²) in [6, 6.07) is 22.8. The van der Waals surface area contributed by atoms with Crippen LogP contribution in [0.3, 0.4) is 0 Å². The van der Waals surface area contributed by atoms with E-state index in [0.717, 1.165) is 10.5 Å². The Kier molecular flexibility index (Phi) is 2.54. The Bertz CT molecular complexity index is 666. The van der Waals surface area contributed by atoms with E-state index in [1.165, 1.54) is 16.3 Å². The fourth-order valence-corrected chi connectivity index (χ4v) is 2.41. The van der Waals surface area contributed by atoms with Gasteiger partial charge in [0.25, 0.3) is 0 Å². The molecule has 17 heavy (non-hydrogen) atoms. The summed E-state index contributed by atoms with van der Waals surface area (Å²) in [5, 5.41) is 2.51. The van der Waals surface area contributed by atoms with Crippen molar-refractivity contribution in [2.24, 2.45) is 0 Å². The number of hydrogen-bond acceptors (Lipinski definition) is 0. The Morgan fingerprint density at radius 2 is 1.24 bits per heavy atom. The summed E-state index contributed by atoms with van der Waals surface area (Å²) < 4.78 is 0. The molecule has 0 aliphatic rings. The van der Waals surface area contributed by atoms with Crippen LogP contribution >= 0.6 is 12.6 Å². The molecule has 0 fully saturated rings. The predicted octanol–water partition coefficient (Wildman–Crippen LogP) is 5.06. The summed E-state index contributed by atoms with van der Waals surface area (Å²) in [5.74, 6) is 0. The minimum Gasteiger partial charge on any atom is -0.0794 e. The highest BCUT2D eigenvalue weighted by Gasteiger charge is 2.05. The van der Waals surface area contributed by atoms with Gasteiger partial charge in [0, 0.05) is 10.5 Å². The van der Waals surface area contributed by atoms with Crippen molar-refractivity contribution in [1.29, 1.82) is 0 Å². The van der Waals surface area contributed by atoms with E-state index >= 15 is 0 Å². The third-order valence-electron chi connectivity index (χ3n) is 2.97. The fraction of sp³-hybridized carbons (Fsp3) is 0. The van der Waals surface area contributed by atoms with Gasteiger partial charge in [0.15, 0.2) is 0 Å². The molecule has 0 aliphatic heterocycles. The molecule has 0 aliphatic carbocycles. The first-order chi connectivity index (χ1) is 8.36. The van der Waals surface area contributed by atoms with Gasteiger partial charge in [-0.2, -0.15) is 0 Å². The lowest BCUT2D eigenvalue weighted by Crippen LogP contribution is -1.82. The summed E-state index contributed by atoms with van der Waals surface area (Å²) in [6.07, 6.45) is 0. The van der Waals surface area contributed by atoms with Gasteiger partial charge < -0.3 is 0 Å². The van der Waals surface area contributed by atoms with Crippen molar-refractivity contribution >= 4 is 23.4 Å². The van der Waals surface area contributed by atoms with Gasteiger partial charge in [0.1, 0.15) is 0 Å². The minimum atomic E-state index is 0.906. The molecule has 3 rings (SSSR count). The molecule has 1 heteroatoms. The molecule has 0 N–H and O–H groups in total. The van der Waals surface area contributed by atoms with Crippen LogP contribution in [-0.4, -0.2) is 0 Å². The van der Waals surface area contributed by atoms with E-state index in [0.29, 0.717) is 0 Å². The maximum absolute atomic E-state index is 5.40. The average molecular weight is 235 g/mol. The lowest BCUT2D eigenvalue weighted by atomic mass is 9.98. The second-order valence-corrected chi connectivity index (χ2v) is 4.46. The normalized spacial score (nSPS) is 10.6. The molecule has 0 amide bonds. The quantitative estimate of drug-likeness (QED) is 0.553. The van der Waals surface area contributed by atoms with E-state index < -0.39 is 0 Å². The lowest BCUT2D eigenvalue weighted by molar-refractivity contribution is 1.47. The van der Waals surface area contributed by atoms with E-state index in [2.05, 4.69) is 48.5 Å². The highest BCUT2D eigenvalue weighted by Crippen LogP contribution is 2.32. The van der Waals surface area contributed by atoms with Crippen LogP contribution in [0.15, 0.2) is 71.6 Å². The van der Waals surface area contributed by atoms with Crippen LogP contribution in [0.1, 0.15) is 0 Å². The van der Waals surface area contributed by atoms with Crippen LogP contribution in [0.2, 0.25) is 0 Å². The van der Waals surface area contributed by atoms with Crippen LogP contribution in [0.25, 0.3) is 21.9 Å². The van der Waals surface area contributed by atoms with Crippen LogP contribution in [0.5, 0.6) is 0 Å². The van der Waals surface area contributed by atoms with Crippen LogP contribution < -0.4 is 0 Å². The molecule has 0 spiro atoms. The molecular weight excluding hydrogens is 224 g/mol. The first-order valence-electron chi connectivity index (χ1n) is 5.60. The van der Waals surface area contributed by atoms with Crippen molar-refractivity contribution in [3.63, 3.8) is 0 Å². The molecular formula is C16H11S. The number of hydrogen-bond donors (Lipinski definition) is 0. The summed E-state index contributed by atoms with van der Waals surface area (Å²) >= 11 is 5.40. The van der Waals surface area contributed by atoms with E-state index in [-0.39, 0.29) is 0 Å². The van der Waals surface area contributed by atoms with Gasteiger partial charge in [0.2, 0.25) is 0 Å². The molecule has 0 saturated heterocycles. The number of fused-ring (bicyclic) bond motifs is 1. The van der Waals surface area contributed by atoms with Gasteiger partial charge in [-0.05, 0) is 22.4 Å². The van der Waals surface area contributed by atoms with Crippen molar-refractivity contribution in [3.8, 4) is 11.1 Å². The molecule has 0 saturated carbocycles. The highest BCUT2D eigenvalue weighted by atomic mass is 32.1. The predicted molar refractivity (Wildman–Crippen MR) is 75.2 cm³/mol. The molecule has 0 aromatic heterocycles. The Morgan fingerprint density at radius 3 is 2.12 bits per heavy atom. The third kappa shape index (κ3) is 1.79. The van der Waals surface area contributed by atoms with E-state index in [4.69, 9.17) is 12.6 Å². The van der Waals surface area contributed by atoms with Crippen LogP contribution in [0, 0.1) is 0 Å². The summed E-state index contributed by atoms with van der Waals surface area (Å²) in [5.41, 5.74) is 2.35. The van der Waals surface area contributed by atoms with Crippen molar-refractivity contribution < 1.29 is 0 Å². The zero-order chi connectivity index (χ0) is 11.7. The van der Waals surface area contributed by atoms with E-state index in [9.17, 15) is 0 Å². The molecule has 3 aromatic carbocycles. The van der Waals surface area contributed by atoms with Gasteiger partial charge >= 0.3 is 0 Å². The molecule has 3 aromatic rings. The topological polar surface area (TPSA) is 0 Å². The Balaban J connectivity index is 2.35. The molecule has 81 valence electrons. The SMILES string of the molecule is [S]c1ccccc1-c1cccc2ccccc12.